The molecule has 3 heteroatoms. The first-order valence-corrected chi connectivity index (χ1v) is 6.60. The van der Waals surface area contributed by atoms with Crippen LogP contribution in [0.25, 0.3) is 0 Å². The van der Waals surface area contributed by atoms with Crippen molar-refractivity contribution in [2.24, 2.45) is 0 Å². The number of nitrogens with one attached hydrogen (secondary N) is 1. The van der Waals surface area contributed by atoms with Crippen molar-refractivity contribution in [1.82, 2.24) is 10.2 Å². The van der Waals surface area contributed by atoms with Gasteiger partial charge in [-0.25, -0.2) is 0 Å². The summed E-state index contributed by atoms with van der Waals surface area (Å²) in [6, 6.07) is 5.81. The van der Waals surface area contributed by atoms with Crippen LogP contribution in [0.2, 0.25) is 0 Å². The van der Waals surface area contributed by atoms with Gasteiger partial charge in [0.1, 0.15) is 0 Å². The van der Waals surface area contributed by atoms with Crippen LogP contribution in [-0.2, 0) is 6.54 Å². The monoisotopic (exact) mass is 224 g/mol. The number of nitrogens with zero attached hydrogens (tertiary/aromatic N) is 1. The van der Waals surface area contributed by atoms with Gasteiger partial charge in [0.2, 0.25) is 0 Å². The first-order chi connectivity index (χ1) is 7.27. The Hall–Kier alpha value is -0.380. The third-order valence-electron chi connectivity index (χ3n) is 3.14. The largest absolute Gasteiger partial charge is 0.310 e. The van der Waals surface area contributed by atoms with Crippen LogP contribution in [0, 0.1) is 0 Å². The molecule has 1 aromatic rings. The van der Waals surface area contributed by atoms with Gasteiger partial charge in [0.25, 0.3) is 0 Å². The van der Waals surface area contributed by atoms with E-state index in [1.54, 1.807) is 0 Å². The molecule has 1 aliphatic rings. The van der Waals surface area contributed by atoms with Crippen molar-refractivity contribution in [1.29, 1.82) is 0 Å². The van der Waals surface area contributed by atoms with Gasteiger partial charge in [0.15, 0.2) is 0 Å². The molecule has 1 aromatic heterocycles. The number of hydrogen-bond donors (Lipinski definition) is 1. The van der Waals surface area contributed by atoms with Crippen molar-refractivity contribution in [2.45, 2.75) is 38.4 Å². The normalized spacial score (nSPS) is 18.3. The minimum absolute atomic E-state index is 0.650. The maximum absolute atomic E-state index is 3.52. The molecule has 1 N–H and O–H groups in total. The molecule has 2 rings (SSSR count). The second-order valence-corrected chi connectivity index (χ2v) is 5.49. The van der Waals surface area contributed by atoms with Gasteiger partial charge in [-0.3, -0.25) is 4.90 Å². The number of hydrogen-bond acceptors (Lipinski definition) is 3. The summed E-state index contributed by atoms with van der Waals surface area (Å²) in [6.07, 6.45) is 2.79. The molecule has 0 bridgehead atoms. The summed E-state index contributed by atoms with van der Waals surface area (Å²) in [5, 5.41) is 5.66. The Morgan fingerprint density at radius 3 is 3.00 bits per heavy atom. The highest BCUT2D eigenvalue weighted by atomic mass is 32.1. The van der Waals surface area contributed by atoms with Crippen LogP contribution >= 0.6 is 11.3 Å². The molecule has 84 valence electrons. The molecule has 0 aromatic carbocycles. The summed E-state index contributed by atoms with van der Waals surface area (Å²) in [4.78, 5) is 3.93. The highest BCUT2D eigenvalue weighted by molar-refractivity contribution is 7.09. The van der Waals surface area contributed by atoms with Crippen molar-refractivity contribution in [3.63, 3.8) is 0 Å². The zero-order valence-corrected chi connectivity index (χ0v) is 10.4. The van der Waals surface area contributed by atoms with Gasteiger partial charge in [-0.1, -0.05) is 6.07 Å². The van der Waals surface area contributed by atoms with Crippen molar-refractivity contribution < 1.29 is 0 Å². The molecule has 1 unspecified atom stereocenters. The van der Waals surface area contributed by atoms with E-state index < -0.39 is 0 Å². The van der Waals surface area contributed by atoms with Crippen LogP contribution in [0.1, 0.15) is 24.6 Å². The second-order valence-electron chi connectivity index (χ2n) is 4.46. The second kappa shape index (κ2) is 5.10. The minimum Gasteiger partial charge on any atom is -0.310 e. The summed E-state index contributed by atoms with van der Waals surface area (Å²) in [5.41, 5.74) is 0. The lowest BCUT2D eigenvalue weighted by Crippen LogP contribution is -2.38. The minimum atomic E-state index is 0.650. The fourth-order valence-corrected chi connectivity index (χ4v) is 2.48. The Morgan fingerprint density at radius 1 is 1.60 bits per heavy atom. The standard InChI is InChI=1S/C12H20N2S/c1-10(14(2)11-5-6-11)8-13-9-12-4-3-7-15-12/h3-4,7,10-11,13H,5-6,8-9H2,1-2H3. The fraction of sp³-hybridized carbons (Fsp3) is 0.667. The SMILES string of the molecule is CC(CNCc1cccs1)N(C)C1CC1. The average molecular weight is 224 g/mol. The maximum atomic E-state index is 3.52. The smallest absolute Gasteiger partial charge is 0.0300 e. The van der Waals surface area contributed by atoms with Crippen LogP contribution in [0.5, 0.6) is 0 Å². The molecule has 0 aliphatic heterocycles. The summed E-state index contributed by atoms with van der Waals surface area (Å²) in [5.74, 6) is 0. The first kappa shape index (κ1) is 11.1. The summed E-state index contributed by atoms with van der Waals surface area (Å²) in [6.45, 7) is 4.41. The molecule has 1 fully saturated rings. The molecular formula is C12H20N2S. The Kier molecular flexibility index (Phi) is 3.78. The highest BCUT2D eigenvalue weighted by Crippen LogP contribution is 2.26. The van der Waals surface area contributed by atoms with E-state index in [1.165, 1.54) is 17.7 Å². The first-order valence-electron chi connectivity index (χ1n) is 5.72. The van der Waals surface area contributed by atoms with Crippen LogP contribution in [0.15, 0.2) is 17.5 Å². The van der Waals surface area contributed by atoms with Gasteiger partial charge in [-0.2, -0.15) is 0 Å². The van der Waals surface area contributed by atoms with E-state index in [0.717, 1.165) is 19.1 Å². The number of likely N-dealkylation sites (N-methyl/N-ethyl adjacent to an activating group) is 1. The predicted molar refractivity (Wildman–Crippen MR) is 66.3 cm³/mol. The van der Waals surface area contributed by atoms with E-state index in [4.69, 9.17) is 0 Å². The quantitative estimate of drug-likeness (QED) is 0.798. The van der Waals surface area contributed by atoms with Gasteiger partial charge in [-0.05, 0) is 38.3 Å². The molecule has 0 radical (unpaired) electrons. The molecular weight excluding hydrogens is 204 g/mol. The zero-order valence-electron chi connectivity index (χ0n) is 9.57. The summed E-state index contributed by atoms with van der Waals surface area (Å²) >= 11 is 1.83. The summed E-state index contributed by atoms with van der Waals surface area (Å²) < 4.78 is 0. The molecule has 0 saturated heterocycles. The van der Waals surface area contributed by atoms with Crippen LogP contribution in [0.3, 0.4) is 0 Å². The summed E-state index contributed by atoms with van der Waals surface area (Å²) in [7, 11) is 2.25. The molecule has 1 saturated carbocycles. The number of thiophene rings is 1. The average Bonchev–Trinajstić information content (AvgIpc) is 2.96. The molecule has 1 heterocycles. The lowest BCUT2D eigenvalue weighted by molar-refractivity contribution is 0.241. The molecule has 15 heavy (non-hydrogen) atoms. The van der Waals surface area contributed by atoms with E-state index >= 15 is 0 Å². The molecule has 2 nitrogen and oxygen atoms in total. The molecule has 1 atom stereocenters. The van der Waals surface area contributed by atoms with E-state index in [0.29, 0.717) is 6.04 Å². The van der Waals surface area contributed by atoms with Crippen molar-refractivity contribution in [3.8, 4) is 0 Å². The Balaban J connectivity index is 1.64. The fourth-order valence-electron chi connectivity index (χ4n) is 1.80. The topological polar surface area (TPSA) is 15.3 Å². The highest BCUT2D eigenvalue weighted by Gasteiger charge is 2.28. The molecule has 0 spiro atoms. The maximum Gasteiger partial charge on any atom is 0.0300 e. The predicted octanol–water partition coefficient (Wildman–Crippen LogP) is 2.32. The third kappa shape index (κ3) is 3.30. The van der Waals surface area contributed by atoms with Crippen LogP contribution in [-0.4, -0.2) is 30.6 Å². The third-order valence-corrected chi connectivity index (χ3v) is 4.01. The van der Waals surface area contributed by atoms with Gasteiger partial charge in [0.05, 0.1) is 0 Å². The Bertz CT molecular complexity index is 280. The van der Waals surface area contributed by atoms with Crippen molar-refractivity contribution in [2.75, 3.05) is 13.6 Å². The molecule has 1 aliphatic carbocycles. The van der Waals surface area contributed by atoms with Crippen molar-refractivity contribution in [3.05, 3.63) is 22.4 Å². The zero-order chi connectivity index (χ0) is 10.7. The van der Waals surface area contributed by atoms with Crippen molar-refractivity contribution >= 4 is 11.3 Å². The lowest BCUT2D eigenvalue weighted by atomic mass is 10.3. The van der Waals surface area contributed by atoms with E-state index in [-0.39, 0.29) is 0 Å². The number of rotatable bonds is 6. The Morgan fingerprint density at radius 2 is 2.40 bits per heavy atom. The van der Waals surface area contributed by atoms with Gasteiger partial charge < -0.3 is 5.32 Å². The van der Waals surface area contributed by atoms with Crippen LogP contribution in [0.4, 0.5) is 0 Å². The van der Waals surface area contributed by atoms with Gasteiger partial charge in [0, 0.05) is 30.1 Å². The van der Waals surface area contributed by atoms with Gasteiger partial charge in [-0.15, -0.1) is 11.3 Å². The van der Waals surface area contributed by atoms with E-state index in [9.17, 15) is 0 Å². The van der Waals surface area contributed by atoms with E-state index in [1.807, 2.05) is 11.3 Å². The van der Waals surface area contributed by atoms with E-state index in [2.05, 4.69) is 41.7 Å². The lowest BCUT2D eigenvalue weighted by Gasteiger charge is -2.24. The Labute approximate surface area is 96.3 Å². The molecule has 0 amide bonds. The van der Waals surface area contributed by atoms with Crippen LogP contribution < -0.4 is 5.32 Å². The van der Waals surface area contributed by atoms with Gasteiger partial charge >= 0.3 is 0 Å².